The van der Waals surface area contributed by atoms with Gasteiger partial charge >= 0.3 is 0 Å². The van der Waals surface area contributed by atoms with Gasteiger partial charge in [0.2, 0.25) is 0 Å². The molecule has 0 aromatic heterocycles. The third-order valence-electron chi connectivity index (χ3n) is 2.93. The summed E-state index contributed by atoms with van der Waals surface area (Å²) in [6.45, 7) is 2.39. The zero-order chi connectivity index (χ0) is 13.0. The summed E-state index contributed by atoms with van der Waals surface area (Å²) in [5, 5.41) is 2.97. The SMILES string of the molecule is CCOc1cccc(N)c1C(=O)NC1CC=CC1. The molecule has 4 heteroatoms. The van der Waals surface area contributed by atoms with Crippen molar-refractivity contribution in [3.8, 4) is 5.75 Å². The Hall–Kier alpha value is -1.97. The molecule has 0 unspecified atom stereocenters. The lowest BCUT2D eigenvalue weighted by molar-refractivity contribution is 0.0936. The number of rotatable bonds is 4. The van der Waals surface area contributed by atoms with Crippen LogP contribution in [-0.2, 0) is 0 Å². The minimum Gasteiger partial charge on any atom is -0.493 e. The van der Waals surface area contributed by atoms with Crippen LogP contribution in [0.25, 0.3) is 0 Å². The molecule has 0 aliphatic heterocycles. The monoisotopic (exact) mass is 246 g/mol. The van der Waals surface area contributed by atoms with Crippen LogP contribution in [0.4, 0.5) is 5.69 Å². The van der Waals surface area contributed by atoms with Crippen molar-refractivity contribution in [1.29, 1.82) is 0 Å². The Kier molecular flexibility index (Phi) is 3.87. The first-order chi connectivity index (χ1) is 8.72. The minimum absolute atomic E-state index is 0.162. The van der Waals surface area contributed by atoms with Crippen molar-refractivity contribution in [3.63, 3.8) is 0 Å². The van der Waals surface area contributed by atoms with Gasteiger partial charge in [0.05, 0.1) is 6.61 Å². The molecule has 0 spiro atoms. The van der Waals surface area contributed by atoms with E-state index in [4.69, 9.17) is 10.5 Å². The fraction of sp³-hybridized carbons (Fsp3) is 0.357. The van der Waals surface area contributed by atoms with E-state index in [-0.39, 0.29) is 11.9 Å². The van der Waals surface area contributed by atoms with Crippen molar-refractivity contribution in [2.45, 2.75) is 25.8 Å². The summed E-state index contributed by atoms with van der Waals surface area (Å²) in [5.74, 6) is 0.381. The summed E-state index contributed by atoms with van der Waals surface area (Å²) in [5.41, 5.74) is 6.76. The second-order valence-electron chi connectivity index (χ2n) is 4.27. The van der Waals surface area contributed by atoms with Crippen LogP contribution in [-0.4, -0.2) is 18.6 Å². The second kappa shape index (κ2) is 5.58. The molecule has 1 aliphatic rings. The molecule has 1 aromatic rings. The average molecular weight is 246 g/mol. The number of nitrogens with two attached hydrogens (primary N) is 1. The molecular formula is C14H18N2O2. The molecule has 0 atom stereocenters. The highest BCUT2D eigenvalue weighted by Gasteiger charge is 2.19. The summed E-state index contributed by atoms with van der Waals surface area (Å²) < 4.78 is 5.45. The fourth-order valence-electron chi connectivity index (χ4n) is 2.06. The quantitative estimate of drug-likeness (QED) is 0.631. The van der Waals surface area contributed by atoms with Gasteiger partial charge in [0.25, 0.3) is 5.91 Å². The standard InChI is InChI=1S/C14H18N2O2/c1-2-18-12-9-5-8-11(15)13(12)14(17)16-10-6-3-4-7-10/h3-5,8-10H,2,6-7,15H2,1H3,(H,16,17). The van der Waals surface area contributed by atoms with E-state index < -0.39 is 0 Å². The number of nitrogen functional groups attached to an aromatic ring is 1. The van der Waals surface area contributed by atoms with Gasteiger partial charge in [0, 0.05) is 11.7 Å². The smallest absolute Gasteiger partial charge is 0.257 e. The van der Waals surface area contributed by atoms with E-state index in [2.05, 4.69) is 17.5 Å². The summed E-state index contributed by atoms with van der Waals surface area (Å²) in [6, 6.07) is 5.44. The molecule has 0 radical (unpaired) electrons. The van der Waals surface area contributed by atoms with E-state index >= 15 is 0 Å². The van der Waals surface area contributed by atoms with E-state index in [1.54, 1.807) is 18.2 Å². The minimum atomic E-state index is -0.162. The van der Waals surface area contributed by atoms with E-state index in [0.29, 0.717) is 23.6 Å². The number of anilines is 1. The van der Waals surface area contributed by atoms with Gasteiger partial charge in [0.15, 0.2) is 0 Å². The van der Waals surface area contributed by atoms with Crippen LogP contribution in [0.15, 0.2) is 30.4 Å². The molecule has 3 N–H and O–H groups in total. The van der Waals surface area contributed by atoms with Crippen LogP contribution in [0.3, 0.4) is 0 Å². The van der Waals surface area contributed by atoms with E-state index in [0.717, 1.165) is 12.8 Å². The molecule has 0 saturated carbocycles. The number of benzene rings is 1. The summed E-state index contributed by atoms with van der Waals surface area (Å²) in [7, 11) is 0. The number of hydrogen-bond acceptors (Lipinski definition) is 3. The van der Waals surface area contributed by atoms with Gasteiger partial charge in [-0.15, -0.1) is 0 Å². The molecule has 1 aromatic carbocycles. The second-order valence-corrected chi connectivity index (χ2v) is 4.27. The van der Waals surface area contributed by atoms with E-state index in [1.165, 1.54) is 0 Å². The molecule has 0 bridgehead atoms. The van der Waals surface area contributed by atoms with Gasteiger partial charge in [-0.25, -0.2) is 0 Å². The first-order valence-corrected chi connectivity index (χ1v) is 6.19. The largest absolute Gasteiger partial charge is 0.493 e. The lowest BCUT2D eigenvalue weighted by Crippen LogP contribution is -2.33. The Morgan fingerprint density at radius 2 is 2.17 bits per heavy atom. The third-order valence-corrected chi connectivity index (χ3v) is 2.93. The highest BCUT2D eigenvalue weighted by atomic mass is 16.5. The van der Waals surface area contributed by atoms with Gasteiger partial charge < -0.3 is 15.8 Å². The van der Waals surface area contributed by atoms with Gasteiger partial charge in [-0.05, 0) is 31.9 Å². The Morgan fingerprint density at radius 1 is 1.44 bits per heavy atom. The van der Waals surface area contributed by atoms with Crippen LogP contribution in [0, 0.1) is 0 Å². The maximum Gasteiger partial charge on any atom is 0.257 e. The Labute approximate surface area is 107 Å². The van der Waals surface area contributed by atoms with Crippen LogP contribution >= 0.6 is 0 Å². The van der Waals surface area contributed by atoms with E-state index in [9.17, 15) is 4.79 Å². The first-order valence-electron chi connectivity index (χ1n) is 6.19. The van der Waals surface area contributed by atoms with Crippen molar-refractivity contribution in [1.82, 2.24) is 5.32 Å². The Bertz CT molecular complexity index is 461. The summed E-state index contributed by atoms with van der Waals surface area (Å²) >= 11 is 0. The molecule has 2 rings (SSSR count). The van der Waals surface area contributed by atoms with Gasteiger partial charge in [-0.1, -0.05) is 18.2 Å². The molecule has 1 aliphatic carbocycles. The zero-order valence-electron chi connectivity index (χ0n) is 10.5. The van der Waals surface area contributed by atoms with Gasteiger partial charge in [0.1, 0.15) is 11.3 Å². The van der Waals surface area contributed by atoms with Crippen molar-refractivity contribution < 1.29 is 9.53 Å². The van der Waals surface area contributed by atoms with Crippen molar-refractivity contribution in [3.05, 3.63) is 35.9 Å². The lowest BCUT2D eigenvalue weighted by Gasteiger charge is -2.16. The predicted octanol–water partition coefficient (Wildman–Crippen LogP) is 2.12. The maximum absolute atomic E-state index is 12.2. The van der Waals surface area contributed by atoms with Crippen molar-refractivity contribution in [2.75, 3.05) is 12.3 Å². The van der Waals surface area contributed by atoms with Gasteiger partial charge in [-0.2, -0.15) is 0 Å². The van der Waals surface area contributed by atoms with Crippen molar-refractivity contribution in [2.24, 2.45) is 0 Å². The lowest BCUT2D eigenvalue weighted by atomic mass is 10.1. The molecule has 96 valence electrons. The zero-order valence-corrected chi connectivity index (χ0v) is 10.5. The number of ether oxygens (including phenoxy) is 1. The summed E-state index contributed by atoms with van der Waals surface area (Å²) in [6.07, 6.45) is 5.90. The molecule has 0 saturated heterocycles. The number of carbonyl (C=O) groups is 1. The first kappa shape index (κ1) is 12.5. The molecule has 0 heterocycles. The topological polar surface area (TPSA) is 64.3 Å². The highest BCUT2D eigenvalue weighted by Crippen LogP contribution is 2.25. The number of amides is 1. The van der Waals surface area contributed by atoms with Crippen LogP contribution in [0.2, 0.25) is 0 Å². The maximum atomic E-state index is 12.2. The van der Waals surface area contributed by atoms with Crippen LogP contribution in [0.5, 0.6) is 5.75 Å². The number of hydrogen-bond donors (Lipinski definition) is 2. The fourth-order valence-corrected chi connectivity index (χ4v) is 2.06. The third kappa shape index (κ3) is 2.64. The van der Waals surface area contributed by atoms with Gasteiger partial charge in [-0.3, -0.25) is 4.79 Å². The average Bonchev–Trinajstić information content (AvgIpc) is 2.82. The van der Waals surface area contributed by atoms with Crippen LogP contribution in [0.1, 0.15) is 30.1 Å². The number of nitrogens with one attached hydrogen (secondary N) is 1. The Balaban J connectivity index is 2.17. The Morgan fingerprint density at radius 3 is 2.83 bits per heavy atom. The summed E-state index contributed by atoms with van der Waals surface area (Å²) in [4.78, 5) is 12.2. The number of carbonyl (C=O) groups excluding carboxylic acids is 1. The molecule has 1 amide bonds. The molecule has 4 nitrogen and oxygen atoms in total. The normalized spacial score (nSPS) is 14.7. The van der Waals surface area contributed by atoms with E-state index in [1.807, 2.05) is 6.92 Å². The highest BCUT2D eigenvalue weighted by molar-refractivity contribution is 6.02. The molecular weight excluding hydrogens is 228 g/mol. The predicted molar refractivity (Wildman–Crippen MR) is 71.7 cm³/mol. The molecule has 18 heavy (non-hydrogen) atoms. The van der Waals surface area contributed by atoms with Crippen LogP contribution < -0.4 is 15.8 Å². The van der Waals surface area contributed by atoms with Crippen molar-refractivity contribution >= 4 is 11.6 Å². The molecule has 0 fully saturated rings.